The number of hydrogen-bond donors (Lipinski definition) is 2. The topological polar surface area (TPSA) is 84.5 Å². The Hall–Kier alpha value is -1.44. The second kappa shape index (κ2) is 4.54. The number of amides is 1. The fourth-order valence-corrected chi connectivity index (χ4v) is 3.80. The summed E-state index contributed by atoms with van der Waals surface area (Å²) < 4.78 is 24.8. The van der Waals surface area contributed by atoms with E-state index < -0.39 is 15.9 Å². The van der Waals surface area contributed by atoms with E-state index in [1.165, 1.54) is 10.6 Å². The predicted molar refractivity (Wildman–Crippen MR) is 77.0 cm³/mol. The van der Waals surface area contributed by atoms with Crippen molar-refractivity contribution in [1.82, 2.24) is 4.31 Å². The Kier molecular flexibility index (Phi) is 3.07. The normalized spacial score (nSPS) is 29.2. The third-order valence-electron chi connectivity index (χ3n) is 3.89. The predicted octanol–water partition coefficient (Wildman–Crippen LogP) is 1.06. The summed E-state index contributed by atoms with van der Waals surface area (Å²) in [5.74, 6) is -0.0854. The average Bonchev–Trinajstić information content (AvgIpc) is 2.68. The average molecular weight is 295 g/mol. The van der Waals surface area contributed by atoms with Crippen molar-refractivity contribution in [2.75, 3.05) is 30.0 Å². The number of rotatable bonds is 1. The Labute approximate surface area is 118 Å². The van der Waals surface area contributed by atoms with Crippen LogP contribution in [0.1, 0.15) is 12.8 Å². The molecule has 0 aromatic heterocycles. The Morgan fingerprint density at radius 2 is 2.05 bits per heavy atom. The number of nitrogens with zero attached hydrogens (tertiary/aromatic N) is 1. The zero-order chi connectivity index (χ0) is 14.4. The van der Waals surface area contributed by atoms with Gasteiger partial charge >= 0.3 is 0 Å². The SMILES string of the molecule is C[S+](=O)([O-])N1CCC2(CC(=O)Nc3ccccc3N2)C1. The molecule has 0 radical (unpaired) electrons. The number of carbonyl (C=O) groups excluding carboxylic acids is 1. The second-order valence-electron chi connectivity index (χ2n) is 5.52. The van der Waals surface area contributed by atoms with Crippen molar-refractivity contribution in [3.63, 3.8) is 0 Å². The van der Waals surface area contributed by atoms with Crippen molar-refractivity contribution in [2.45, 2.75) is 18.4 Å². The molecule has 7 heteroatoms. The molecule has 108 valence electrons. The van der Waals surface area contributed by atoms with Gasteiger partial charge in [-0.2, -0.15) is 0 Å². The van der Waals surface area contributed by atoms with Crippen molar-refractivity contribution in [1.29, 1.82) is 0 Å². The first-order valence-electron chi connectivity index (χ1n) is 6.50. The Morgan fingerprint density at radius 3 is 2.70 bits per heavy atom. The number of anilines is 2. The minimum absolute atomic E-state index is 0.0854. The maximum absolute atomic E-state index is 12.0. The number of carbonyl (C=O) groups is 1. The summed E-state index contributed by atoms with van der Waals surface area (Å²) in [6.45, 7) is 0.773. The van der Waals surface area contributed by atoms with Crippen molar-refractivity contribution in [3.8, 4) is 0 Å². The summed E-state index contributed by atoms with van der Waals surface area (Å²) in [5.41, 5.74) is 1.07. The molecule has 0 bridgehead atoms. The number of nitrogens with one attached hydrogen (secondary N) is 2. The van der Waals surface area contributed by atoms with Crippen molar-refractivity contribution >= 4 is 27.7 Å². The van der Waals surface area contributed by atoms with Gasteiger partial charge in [-0.05, 0) is 18.6 Å². The van der Waals surface area contributed by atoms with Crippen LogP contribution in [0.4, 0.5) is 11.4 Å². The molecule has 1 spiro atoms. The summed E-state index contributed by atoms with van der Waals surface area (Å²) in [6.07, 6.45) is 2.10. The van der Waals surface area contributed by atoms with E-state index in [0.717, 1.165) is 11.4 Å². The van der Waals surface area contributed by atoms with Crippen LogP contribution >= 0.6 is 0 Å². The van der Waals surface area contributed by atoms with E-state index in [-0.39, 0.29) is 12.3 Å². The van der Waals surface area contributed by atoms with Gasteiger partial charge in [0.05, 0.1) is 29.9 Å². The lowest BCUT2D eigenvalue weighted by atomic mass is 9.94. The maximum atomic E-state index is 12.0. The third kappa shape index (κ3) is 2.44. The first-order chi connectivity index (χ1) is 9.38. The first kappa shape index (κ1) is 13.5. The highest BCUT2D eigenvalue weighted by atomic mass is 32.3. The molecule has 2 heterocycles. The number of benzene rings is 1. The molecule has 1 aromatic rings. The minimum atomic E-state index is -3.22. The number of para-hydroxylation sites is 2. The highest BCUT2D eigenvalue weighted by Gasteiger charge is 2.46. The zero-order valence-electron chi connectivity index (χ0n) is 11.2. The van der Waals surface area contributed by atoms with Crippen LogP contribution in [0.15, 0.2) is 24.3 Å². The fourth-order valence-electron chi connectivity index (χ4n) is 2.90. The molecule has 6 nitrogen and oxygen atoms in total. The lowest BCUT2D eigenvalue weighted by Crippen LogP contribution is -2.44. The van der Waals surface area contributed by atoms with E-state index in [1.54, 1.807) is 0 Å². The number of hydrogen-bond acceptors (Lipinski definition) is 4. The molecule has 2 unspecified atom stereocenters. The monoisotopic (exact) mass is 295 g/mol. The van der Waals surface area contributed by atoms with Gasteiger partial charge in [-0.15, -0.1) is 4.31 Å². The fraction of sp³-hybridized carbons (Fsp3) is 0.462. The summed E-state index contributed by atoms with van der Waals surface area (Å²) in [4.78, 5) is 12.0. The van der Waals surface area contributed by atoms with E-state index in [4.69, 9.17) is 0 Å². The lowest BCUT2D eigenvalue weighted by molar-refractivity contribution is -0.117. The van der Waals surface area contributed by atoms with E-state index in [1.807, 2.05) is 24.3 Å². The van der Waals surface area contributed by atoms with Crippen LogP contribution in [0.3, 0.4) is 0 Å². The number of sulfonamides is 1. The standard InChI is InChI=1S/C13H17N3O3S/c1-20(18,19)16-7-6-13(9-16)8-12(17)14-10-4-2-3-5-11(10)15-13/h2-5,15H,6-9H2,1H3,(H-,14,17,18,19). The van der Waals surface area contributed by atoms with Crippen LogP contribution in [0.5, 0.6) is 0 Å². The van der Waals surface area contributed by atoms with Gasteiger partial charge in [0, 0.05) is 6.54 Å². The maximum Gasteiger partial charge on any atom is 0.226 e. The largest absolute Gasteiger partial charge is 0.598 e. The van der Waals surface area contributed by atoms with Crippen molar-refractivity contribution < 1.29 is 13.6 Å². The van der Waals surface area contributed by atoms with Crippen LogP contribution in [-0.4, -0.2) is 39.6 Å². The van der Waals surface area contributed by atoms with Crippen LogP contribution < -0.4 is 10.6 Å². The van der Waals surface area contributed by atoms with Crippen LogP contribution in [0.2, 0.25) is 0 Å². The minimum Gasteiger partial charge on any atom is -0.598 e. The quantitative estimate of drug-likeness (QED) is 0.759. The summed E-state index contributed by atoms with van der Waals surface area (Å²) in [7, 11) is -3.22. The molecule has 3 rings (SSSR count). The molecule has 20 heavy (non-hydrogen) atoms. The first-order valence-corrected chi connectivity index (χ1v) is 8.35. The lowest BCUT2D eigenvalue weighted by Gasteiger charge is -2.29. The Bertz CT molecular complexity index is 600. The van der Waals surface area contributed by atoms with Gasteiger partial charge in [0.1, 0.15) is 16.7 Å². The van der Waals surface area contributed by atoms with Crippen LogP contribution in [0, 0.1) is 0 Å². The van der Waals surface area contributed by atoms with E-state index in [2.05, 4.69) is 10.6 Å². The molecule has 1 amide bonds. The van der Waals surface area contributed by atoms with Gasteiger partial charge < -0.3 is 15.2 Å². The summed E-state index contributed by atoms with van der Waals surface area (Å²) >= 11 is 0. The number of fused-ring (bicyclic) bond motifs is 1. The van der Waals surface area contributed by atoms with Gasteiger partial charge in [-0.1, -0.05) is 16.3 Å². The van der Waals surface area contributed by atoms with Gasteiger partial charge in [0.15, 0.2) is 0 Å². The molecule has 2 atom stereocenters. The zero-order valence-corrected chi connectivity index (χ0v) is 12.0. The van der Waals surface area contributed by atoms with E-state index in [0.29, 0.717) is 19.5 Å². The molecular formula is C13H17N3O3S. The molecule has 1 saturated heterocycles. The summed E-state index contributed by atoms with van der Waals surface area (Å²) in [5, 5.41) is 6.24. The third-order valence-corrected chi connectivity index (χ3v) is 5.14. The Morgan fingerprint density at radius 1 is 1.35 bits per heavy atom. The molecule has 2 aliphatic rings. The highest BCUT2D eigenvalue weighted by molar-refractivity contribution is 7.94. The highest BCUT2D eigenvalue weighted by Crippen LogP contribution is 2.36. The smallest absolute Gasteiger partial charge is 0.226 e. The van der Waals surface area contributed by atoms with Gasteiger partial charge in [-0.25, -0.2) is 0 Å². The van der Waals surface area contributed by atoms with Crippen LogP contribution in [-0.2, 0) is 19.4 Å². The summed E-state index contributed by atoms with van der Waals surface area (Å²) in [6, 6.07) is 7.48. The van der Waals surface area contributed by atoms with Crippen LogP contribution in [0.25, 0.3) is 0 Å². The van der Waals surface area contributed by atoms with E-state index in [9.17, 15) is 13.6 Å². The molecule has 1 aromatic carbocycles. The van der Waals surface area contributed by atoms with Crippen molar-refractivity contribution in [2.24, 2.45) is 0 Å². The Balaban J connectivity index is 1.92. The van der Waals surface area contributed by atoms with Gasteiger partial charge in [0.2, 0.25) is 5.91 Å². The molecule has 0 aliphatic carbocycles. The molecule has 0 saturated carbocycles. The van der Waals surface area contributed by atoms with Gasteiger partial charge in [0.25, 0.3) is 0 Å². The molecule has 2 aliphatic heterocycles. The van der Waals surface area contributed by atoms with Gasteiger partial charge in [-0.3, -0.25) is 4.79 Å². The van der Waals surface area contributed by atoms with E-state index >= 15 is 0 Å². The molecular weight excluding hydrogens is 278 g/mol. The van der Waals surface area contributed by atoms with Crippen molar-refractivity contribution in [3.05, 3.63) is 24.3 Å². The molecule has 2 N–H and O–H groups in total. The molecule has 1 fully saturated rings. The second-order valence-corrected chi connectivity index (χ2v) is 7.50.